The average Bonchev–Trinajstić information content (AvgIpc) is 3.69. The van der Waals surface area contributed by atoms with Crippen LogP contribution in [0, 0.1) is 0 Å². The second-order valence-electron chi connectivity index (χ2n) is 11.3. The molecular formula is C33H29N9O2. The number of nitrogens with one attached hydrogen (secondary N) is 2. The molecule has 218 valence electrons. The third kappa shape index (κ3) is 4.08. The minimum atomic E-state index is -0.00644. The van der Waals surface area contributed by atoms with Gasteiger partial charge in [0.05, 0.1) is 21.8 Å². The van der Waals surface area contributed by atoms with Crippen molar-refractivity contribution in [1.29, 1.82) is 0 Å². The Bertz CT molecular complexity index is 2260. The molecule has 0 bridgehead atoms. The molecule has 11 heteroatoms. The van der Waals surface area contributed by atoms with Crippen molar-refractivity contribution < 1.29 is 0 Å². The van der Waals surface area contributed by atoms with Gasteiger partial charge in [0.2, 0.25) is 0 Å². The van der Waals surface area contributed by atoms with Crippen LogP contribution in [0.25, 0.3) is 54.6 Å². The van der Waals surface area contributed by atoms with Crippen LogP contribution in [0.4, 0.5) is 11.4 Å². The van der Waals surface area contributed by atoms with Crippen molar-refractivity contribution in [3.63, 3.8) is 0 Å². The normalized spacial score (nSPS) is 12.2. The summed E-state index contributed by atoms with van der Waals surface area (Å²) >= 11 is 0. The number of para-hydroxylation sites is 2. The molecule has 0 spiro atoms. The van der Waals surface area contributed by atoms with E-state index in [0.29, 0.717) is 32.6 Å². The van der Waals surface area contributed by atoms with Crippen molar-refractivity contribution >= 4 is 66.0 Å². The number of hydrogen-bond donors (Lipinski definition) is 2. The van der Waals surface area contributed by atoms with Gasteiger partial charge in [0.1, 0.15) is 22.1 Å². The molecule has 44 heavy (non-hydrogen) atoms. The lowest BCUT2D eigenvalue weighted by molar-refractivity contribution is 0.331. The first-order valence-electron chi connectivity index (χ1n) is 14.8. The van der Waals surface area contributed by atoms with E-state index in [0.717, 1.165) is 72.5 Å². The van der Waals surface area contributed by atoms with Crippen molar-refractivity contribution in [3.8, 4) is 0 Å². The molecule has 0 radical (unpaired) electrons. The van der Waals surface area contributed by atoms with Gasteiger partial charge in [-0.05, 0) is 81.5 Å². The number of nitrogens with zero attached hydrogens (tertiary/aromatic N) is 7. The standard InChI is InChI=1S/C33H29N9O2/c1-40(18-6-16-34-22-12-14-24-30-28(22)32(43)20-8-2-4-10-26(20)41(30)38-36-24)19-7-17-35-23-13-15-25-31-29(23)33(44)21-9-3-5-11-27(21)42(31)39-37-25/h2-5,8-15,34-35H,6-7,16-19H2,1H3. The van der Waals surface area contributed by atoms with E-state index in [2.05, 4.69) is 43.2 Å². The van der Waals surface area contributed by atoms with Crippen LogP contribution < -0.4 is 21.5 Å². The summed E-state index contributed by atoms with van der Waals surface area (Å²) in [7, 11) is 2.11. The number of hydrogen-bond acceptors (Lipinski definition) is 9. The second-order valence-corrected chi connectivity index (χ2v) is 11.3. The molecule has 8 rings (SSSR count). The Balaban J connectivity index is 0.898. The van der Waals surface area contributed by atoms with Crippen LogP contribution in [0.5, 0.6) is 0 Å². The predicted octanol–water partition coefficient (Wildman–Crippen LogP) is 4.22. The van der Waals surface area contributed by atoms with E-state index in [1.54, 1.807) is 9.03 Å². The zero-order chi connectivity index (χ0) is 29.8. The van der Waals surface area contributed by atoms with E-state index in [4.69, 9.17) is 0 Å². The number of fused-ring (bicyclic) bond motifs is 4. The Morgan fingerprint density at radius 3 is 1.57 bits per heavy atom. The molecule has 0 fully saturated rings. The lowest BCUT2D eigenvalue weighted by Gasteiger charge is -2.18. The highest BCUT2D eigenvalue weighted by atomic mass is 16.1. The van der Waals surface area contributed by atoms with Gasteiger partial charge < -0.3 is 15.5 Å². The first-order chi connectivity index (χ1) is 21.6. The third-order valence-electron chi connectivity index (χ3n) is 8.49. The van der Waals surface area contributed by atoms with Gasteiger partial charge in [-0.15, -0.1) is 10.2 Å². The van der Waals surface area contributed by atoms with Crippen LogP contribution in [0.2, 0.25) is 0 Å². The Morgan fingerprint density at radius 1 is 0.636 bits per heavy atom. The fourth-order valence-electron chi connectivity index (χ4n) is 6.34. The molecule has 0 unspecified atom stereocenters. The quantitative estimate of drug-likeness (QED) is 0.180. The van der Waals surface area contributed by atoms with Gasteiger partial charge in [0.25, 0.3) is 0 Å². The summed E-state index contributed by atoms with van der Waals surface area (Å²) in [6.45, 7) is 3.26. The van der Waals surface area contributed by atoms with E-state index in [1.807, 2.05) is 72.8 Å². The summed E-state index contributed by atoms with van der Waals surface area (Å²) in [4.78, 5) is 29.2. The van der Waals surface area contributed by atoms with Gasteiger partial charge in [-0.2, -0.15) is 0 Å². The number of benzene rings is 4. The van der Waals surface area contributed by atoms with Gasteiger partial charge in [-0.25, -0.2) is 9.03 Å². The number of anilines is 2. The Labute approximate surface area is 250 Å². The smallest absolute Gasteiger partial charge is 0.199 e. The number of aromatic nitrogens is 6. The van der Waals surface area contributed by atoms with Crippen LogP contribution in [-0.4, -0.2) is 67.8 Å². The van der Waals surface area contributed by atoms with Crippen molar-refractivity contribution in [3.05, 3.63) is 93.2 Å². The summed E-state index contributed by atoms with van der Waals surface area (Å²) in [6.07, 6.45) is 1.82. The molecular weight excluding hydrogens is 554 g/mol. The molecule has 0 saturated carbocycles. The largest absolute Gasteiger partial charge is 0.384 e. The second kappa shape index (κ2) is 10.4. The fourth-order valence-corrected chi connectivity index (χ4v) is 6.34. The van der Waals surface area contributed by atoms with Crippen LogP contribution in [-0.2, 0) is 0 Å². The highest BCUT2D eigenvalue weighted by Crippen LogP contribution is 2.29. The van der Waals surface area contributed by atoms with Gasteiger partial charge in [-0.1, -0.05) is 34.7 Å². The Morgan fingerprint density at radius 2 is 1.09 bits per heavy atom. The fraction of sp³-hybridized carbons (Fsp3) is 0.212. The summed E-state index contributed by atoms with van der Waals surface area (Å²) < 4.78 is 3.53. The molecule has 0 atom stereocenters. The molecule has 11 nitrogen and oxygen atoms in total. The van der Waals surface area contributed by atoms with E-state index < -0.39 is 0 Å². The molecule has 0 amide bonds. The molecule has 8 aromatic rings. The van der Waals surface area contributed by atoms with Crippen LogP contribution in [0.1, 0.15) is 12.8 Å². The van der Waals surface area contributed by atoms with Gasteiger partial charge in [0, 0.05) is 35.2 Å². The first-order valence-corrected chi connectivity index (χ1v) is 14.8. The van der Waals surface area contributed by atoms with Crippen LogP contribution in [0.3, 0.4) is 0 Å². The highest BCUT2D eigenvalue weighted by molar-refractivity contribution is 6.07. The summed E-state index contributed by atoms with van der Waals surface area (Å²) in [5.74, 6) is 0. The lowest BCUT2D eigenvalue weighted by Crippen LogP contribution is -2.24. The average molecular weight is 584 g/mol. The zero-order valence-electron chi connectivity index (χ0n) is 24.1. The van der Waals surface area contributed by atoms with Crippen LogP contribution >= 0.6 is 0 Å². The molecule has 0 aliphatic heterocycles. The topological polar surface area (TPSA) is 122 Å². The minimum absolute atomic E-state index is 0.00644. The summed E-state index contributed by atoms with van der Waals surface area (Å²) in [5, 5.41) is 26.7. The maximum atomic E-state index is 13.4. The summed E-state index contributed by atoms with van der Waals surface area (Å²) in [5.41, 5.74) is 6.06. The molecule has 0 aliphatic carbocycles. The lowest BCUT2D eigenvalue weighted by atomic mass is 10.1. The maximum absolute atomic E-state index is 13.4. The predicted molar refractivity (Wildman–Crippen MR) is 175 cm³/mol. The van der Waals surface area contributed by atoms with E-state index >= 15 is 0 Å². The van der Waals surface area contributed by atoms with Crippen molar-refractivity contribution in [2.24, 2.45) is 0 Å². The number of pyridine rings is 2. The molecule has 0 aliphatic rings. The van der Waals surface area contributed by atoms with E-state index in [9.17, 15) is 9.59 Å². The first kappa shape index (κ1) is 26.2. The zero-order valence-corrected chi connectivity index (χ0v) is 24.1. The molecule has 4 aromatic carbocycles. The van der Waals surface area contributed by atoms with Gasteiger partial charge >= 0.3 is 0 Å². The summed E-state index contributed by atoms with van der Waals surface area (Å²) in [6, 6.07) is 22.7. The highest BCUT2D eigenvalue weighted by Gasteiger charge is 2.18. The Hall–Kier alpha value is -5.42. The monoisotopic (exact) mass is 583 g/mol. The molecule has 4 aromatic heterocycles. The van der Waals surface area contributed by atoms with Crippen molar-refractivity contribution in [2.45, 2.75) is 12.8 Å². The molecule has 2 N–H and O–H groups in total. The SMILES string of the molecule is CN(CCCNc1ccc2nnn3c4ccccc4c(=O)c1c23)CCCNc1ccc2nnn3c4ccccc4c(=O)c1c23. The molecule has 0 saturated heterocycles. The Kier molecular flexibility index (Phi) is 6.19. The van der Waals surface area contributed by atoms with Crippen molar-refractivity contribution in [1.82, 2.24) is 34.6 Å². The minimum Gasteiger partial charge on any atom is -0.384 e. The van der Waals surface area contributed by atoms with E-state index in [1.165, 1.54) is 0 Å². The van der Waals surface area contributed by atoms with Crippen LogP contribution in [0.15, 0.2) is 82.4 Å². The molecule has 4 heterocycles. The third-order valence-corrected chi connectivity index (χ3v) is 8.49. The van der Waals surface area contributed by atoms with Gasteiger partial charge in [0.15, 0.2) is 10.9 Å². The van der Waals surface area contributed by atoms with Gasteiger partial charge in [-0.3, -0.25) is 9.59 Å². The van der Waals surface area contributed by atoms with Crippen molar-refractivity contribution in [2.75, 3.05) is 43.9 Å². The van der Waals surface area contributed by atoms with E-state index in [-0.39, 0.29) is 10.9 Å². The maximum Gasteiger partial charge on any atom is 0.199 e. The number of rotatable bonds is 10.